The van der Waals surface area contributed by atoms with Crippen molar-refractivity contribution in [1.82, 2.24) is 4.90 Å². The number of benzene rings is 2. The fourth-order valence-corrected chi connectivity index (χ4v) is 6.01. The molecule has 0 unspecified atom stereocenters. The van der Waals surface area contributed by atoms with E-state index in [1.54, 1.807) is 41.3 Å². The van der Waals surface area contributed by atoms with Crippen molar-refractivity contribution in [2.45, 2.75) is 24.0 Å². The molecular weight excluding hydrogens is 464 g/mol. The van der Waals surface area contributed by atoms with Crippen molar-refractivity contribution in [1.29, 1.82) is 0 Å². The van der Waals surface area contributed by atoms with E-state index in [1.165, 1.54) is 22.5 Å². The maximum Gasteiger partial charge on any atom is 0.264 e. The van der Waals surface area contributed by atoms with Gasteiger partial charge in [-0.1, -0.05) is 35.9 Å². The van der Waals surface area contributed by atoms with Gasteiger partial charge >= 0.3 is 0 Å². The molecule has 0 aliphatic carbocycles. The molecule has 2 saturated heterocycles. The lowest BCUT2D eigenvalue weighted by Crippen LogP contribution is -2.41. The van der Waals surface area contributed by atoms with Gasteiger partial charge in [-0.25, -0.2) is 8.42 Å². The SMILES string of the molecule is C=CCN(c1ccccc1Cl)S(=O)(=O)c1cccc(C(=O)N2CCC(C3OCCO3)CC2)c1. The van der Waals surface area contributed by atoms with Gasteiger partial charge in [-0.05, 0) is 43.2 Å². The van der Waals surface area contributed by atoms with Crippen molar-refractivity contribution in [3.05, 3.63) is 71.8 Å². The van der Waals surface area contributed by atoms with Crippen LogP contribution < -0.4 is 4.31 Å². The third kappa shape index (κ3) is 5.09. The molecule has 0 radical (unpaired) electrons. The third-order valence-electron chi connectivity index (χ3n) is 5.94. The van der Waals surface area contributed by atoms with Crippen LogP contribution in [0.2, 0.25) is 5.02 Å². The Morgan fingerprint density at radius 3 is 2.48 bits per heavy atom. The molecule has 2 aliphatic rings. The average Bonchev–Trinajstić information content (AvgIpc) is 3.38. The zero-order valence-corrected chi connectivity index (χ0v) is 19.8. The first-order chi connectivity index (χ1) is 15.9. The summed E-state index contributed by atoms with van der Waals surface area (Å²) in [6.45, 7) is 6.10. The molecule has 0 saturated carbocycles. The summed E-state index contributed by atoms with van der Waals surface area (Å²) < 4.78 is 39.4. The van der Waals surface area contributed by atoms with Gasteiger partial charge in [0.1, 0.15) is 0 Å². The predicted octanol–water partition coefficient (Wildman–Crippen LogP) is 3.95. The van der Waals surface area contributed by atoms with Crippen LogP contribution in [0.4, 0.5) is 5.69 Å². The number of hydrogen-bond acceptors (Lipinski definition) is 5. The fourth-order valence-electron chi connectivity index (χ4n) is 4.22. The van der Waals surface area contributed by atoms with Gasteiger partial charge in [0.15, 0.2) is 6.29 Å². The number of nitrogens with zero attached hydrogens (tertiary/aromatic N) is 2. The quantitative estimate of drug-likeness (QED) is 0.549. The summed E-state index contributed by atoms with van der Waals surface area (Å²) in [6.07, 6.45) is 2.89. The summed E-state index contributed by atoms with van der Waals surface area (Å²) in [5.74, 6) is 0.0816. The number of anilines is 1. The van der Waals surface area contributed by atoms with Crippen molar-refractivity contribution in [2.24, 2.45) is 5.92 Å². The monoisotopic (exact) mass is 490 g/mol. The highest BCUT2D eigenvalue weighted by Gasteiger charge is 2.32. The molecule has 2 aromatic carbocycles. The molecule has 2 fully saturated rings. The molecule has 176 valence electrons. The first-order valence-corrected chi connectivity index (χ1v) is 12.7. The Balaban J connectivity index is 1.53. The predicted molar refractivity (Wildman–Crippen MR) is 127 cm³/mol. The van der Waals surface area contributed by atoms with Gasteiger partial charge in [-0.3, -0.25) is 9.10 Å². The molecule has 2 heterocycles. The Kier molecular flexibility index (Phi) is 7.38. The Labute approximate surface area is 199 Å². The Hall–Kier alpha value is -2.39. The van der Waals surface area contributed by atoms with Gasteiger partial charge < -0.3 is 14.4 Å². The molecule has 0 N–H and O–H groups in total. The highest BCUT2D eigenvalue weighted by atomic mass is 35.5. The second-order valence-electron chi connectivity index (χ2n) is 8.04. The van der Waals surface area contributed by atoms with E-state index in [9.17, 15) is 13.2 Å². The molecule has 9 heteroatoms. The molecule has 0 spiro atoms. The molecule has 1 amide bonds. The van der Waals surface area contributed by atoms with Crippen LogP contribution in [0.3, 0.4) is 0 Å². The van der Waals surface area contributed by atoms with E-state index in [4.69, 9.17) is 21.1 Å². The highest BCUT2D eigenvalue weighted by Crippen LogP contribution is 2.31. The Morgan fingerprint density at radius 1 is 1.12 bits per heavy atom. The molecule has 4 rings (SSSR count). The molecule has 2 aliphatic heterocycles. The summed E-state index contributed by atoms with van der Waals surface area (Å²) in [5, 5.41) is 0.313. The van der Waals surface area contributed by atoms with E-state index in [0.717, 1.165) is 12.8 Å². The van der Waals surface area contributed by atoms with Gasteiger partial charge in [-0.15, -0.1) is 6.58 Å². The molecule has 33 heavy (non-hydrogen) atoms. The number of halogens is 1. The molecule has 0 aromatic heterocycles. The Bertz CT molecular complexity index is 1110. The normalized spacial score (nSPS) is 17.8. The fraction of sp³-hybridized carbons (Fsp3) is 0.375. The zero-order valence-electron chi connectivity index (χ0n) is 18.2. The number of amides is 1. The molecule has 0 bridgehead atoms. The minimum absolute atomic E-state index is 0.0257. The van der Waals surface area contributed by atoms with E-state index < -0.39 is 10.0 Å². The van der Waals surface area contributed by atoms with Crippen LogP contribution in [-0.4, -0.2) is 58.4 Å². The van der Waals surface area contributed by atoms with Crippen LogP contribution in [-0.2, 0) is 19.5 Å². The first kappa shape index (κ1) is 23.8. The minimum Gasteiger partial charge on any atom is -0.350 e. The van der Waals surface area contributed by atoms with Crippen LogP contribution in [0.25, 0.3) is 0 Å². The number of carbonyl (C=O) groups excluding carboxylic acids is 1. The number of piperidine rings is 1. The largest absolute Gasteiger partial charge is 0.350 e. The molecule has 2 aromatic rings. The first-order valence-electron chi connectivity index (χ1n) is 10.9. The Morgan fingerprint density at radius 2 is 1.82 bits per heavy atom. The topological polar surface area (TPSA) is 76.2 Å². The lowest BCUT2D eigenvalue weighted by molar-refractivity contribution is -0.0956. The number of para-hydroxylation sites is 1. The van der Waals surface area contributed by atoms with E-state index in [-0.39, 0.29) is 29.6 Å². The van der Waals surface area contributed by atoms with Crippen LogP contribution in [0.1, 0.15) is 23.2 Å². The molecule has 0 atom stereocenters. The standard InChI is InChI=1S/C24H27ClN2O5S/c1-2-12-27(22-9-4-3-8-21(22)25)33(29,30)20-7-5-6-19(17-20)23(28)26-13-10-18(11-14-26)24-31-15-16-32-24/h2-9,17-18,24H,1,10-16H2. The van der Waals surface area contributed by atoms with E-state index in [2.05, 4.69) is 6.58 Å². The van der Waals surface area contributed by atoms with Crippen molar-refractivity contribution in [3.8, 4) is 0 Å². The number of ether oxygens (including phenoxy) is 2. The zero-order chi connectivity index (χ0) is 23.4. The van der Waals surface area contributed by atoms with Gasteiger partial charge in [0.25, 0.3) is 15.9 Å². The second kappa shape index (κ2) is 10.3. The van der Waals surface area contributed by atoms with Crippen LogP contribution in [0.15, 0.2) is 66.1 Å². The second-order valence-corrected chi connectivity index (χ2v) is 10.3. The summed E-state index contributed by atoms with van der Waals surface area (Å²) in [5.41, 5.74) is 0.690. The minimum atomic E-state index is -3.97. The van der Waals surface area contributed by atoms with Gasteiger partial charge in [0.2, 0.25) is 0 Å². The van der Waals surface area contributed by atoms with E-state index in [0.29, 0.717) is 42.6 Å². The van der Waals surface area contributed by atoms with Crippen LogP contribution >= 0.6 is 11.6 Å². The van der Waals surface area contributed by atoms with Gasteiger partial charge in [0.05, 0.1) is 35.4 Å². The van der Waals surface area contributed by atoms with Gasteiger partial charge in [0, 0.05) is 24.6 Å². The number of sulfonamides is 1. The van der Waals surface area contributed by atoms with Crippen molar-refractivity contribution in [3.63, 3.8) is 0 Å². The highest BCUT2D eigenvalue weighted by molar-refractivity contribution is 7.92. The van der Waals surface area contributed by atoms with E-state index >= 15 is 0 Å². The van der Waals surface area contributed by atoms with Crippen molar-refractivity contribution >= 4 is 33.2 Å². The summed E-state index contributed by atoms with van der Waals surface area (Å²) >= 11 is 6.27. The number of carbonyl (C=O) groups is 1. The van der Waals surface area contributed by atoms with Crippen LogP contribution in [0.5, 0.6) is 0 Å². The van der Waals surface area contributed by atoms with Crippen LogP contribution in [0, 0.1) is 5.92 Å². The molecule has 7 nitrogen and oxygen atoms in total. The summed E-state index contributed by atoms with van der Waals surface area (Å²) in [7, 11) is -3.97. The number of hydrogen-bond donors (Lipinski definition) is 0. The smallest absolute Gasteiger partial charge is 0.264 e. The molecular formula is C24H27ClN2O5S. The van der Waals surface area contributed by atoms with Crippen molar-refractivity contribution in [2.75, 3.05) is 37.2 Å². The average molecular weight is 491 g/mol. The maximum absolute atomic E-state index is 13.5. The number of rotatable bonds is 7. The van der Waals surface area contributed by atoms with Crippen molar-refractivity contribution < 1.29 is 22.7 Å². The summed E-state index contributed by atoms with van der Waals surface area (Å²) in [4.78, 5) is 14.9. The lowest BCUT2D eigenvalue weighted by Gasteiger charge is -2.34. The maximum atomic E-state index is 13.5. The summed E-state index contributed by atoms with van der Waals surface area (Å²) in [6, 6.07) is 12.9. The van der Waals surface area contributed by atoms with E-state index in [1.807, 2.05) is 0 Å². The third-order valence-corrected chi connectivity index (χ3v) is 8.04. The lowest BCUT2D eigenvalue weighted by atomic mass is 9.95. The number of likely N-dealkylation sites (tertiary alicyclic amines) is 1. The van der Waals surface area contributed by atoms with Gasteiger partial charge in [-0.2, -0.15) is 0 Å².